The lowest BCUT2D eigenvalue weighted by atomic mass is 10.2. The van der Waals surface area contributed by atoms with E-state index in [0.717, 1.165) is 0 Å². The van der Waals surface area contributed by atoms with Crippen LogP contribution in [0.2, 0.25) is 5.02 Å². The molecule has 0 radical (unpaired) electrons. The van der Waals surface area contributed by atoms with Crippen LogP contribution in [-0.4, -0.2) is 29.9 Å². The number of methoxy groups -OCH3 is 2. The van der Waals surface area contributed by atoms with Gasteiger partial charge in [0, 0.05) is 12.3 Å². The summed E-state index contributed by atoms with van der Waals surface area (Å²) in [5, 5.41) is 9.51. The van der Waals surface area contributed by atoms with Crippen molar-refractivity contribution < 1.29 is 19.4 Å². The Labute approximate surface area is 114 Å². The number of aromatic nitrogens is 1. The molecule has 19 heavy (non-hydrogen) atoms. The third kappa shape index (κ3) is 2.51. The first-order chi connectivity index (χ1) is 9.06. The van der Waals surface area contributed by atoms with Crippen molar-refractivity contribution in [3.05, 3.63) is 41.2 Å². The van der Waals surface area contributed by atoms with E-state index >= 15 is 0 Å². The number of rotatable bonds is 4. The minimum Gasteiger partial charge on any atom is -0.497 e. The zero-order valence-corrected chi connectivity index (χ0v) is 11.1. The summed E-state index contributed by atoms with van der Waals surface area (Å²) in [6.07, 6.45) is 1.52. The third-order valence-corrected chi connectivity index (χ3v) is 2.86. The highest BCUT2D eigenvalue weighted by Gasteiger charge is 2.16. The molecule has 0 amide bonds. The molecule has 0 aliphatic rings. The minimum atomic E-state index is -1.07. The van der Waals surface area contributed by atoms with Crippen LogP contribution in [0.1, 0.15) is 10.5 Å². The van der Waals surface area contributed by atoms with Gasteiger partial charge in [0.2, 0.25) is 0 Å². The molecule has 0 bridgehead atoms. The molecule has 2 aromatic rings. The molecule has 0 spiro atoms. The Kier molecular flexibility index (Phi) is 3.66. The maximum absolute atomic E-state index is 11.2. The molecule has 0 aliphatic heterocycles. The normalized spacial score (nSPS) is 10.3. The van der Waals surface area contributed by atoms with Crippen molar-refractivity contribution in [2.24, 2.45) is 0 Å². The van der Waals surface area contributed by atoms with Crippen LogP contribution < -0.4 is 9.47 Å². The topological polar surface area (TPSA) is 60.7 Å². The van der Waals surface area contributed by atoms with Crippen molar-refractivity contribution in [2.45, 2.75) is 0 Å². The van der Waals surface area contributed by atoms with Gasteiger partial charge in [-0.25, -0.2) is 4.79 Å². The van der Waals surface area contributed by atoms with Gasteiger partial charge in [-0.15, -0.1) is 0 Å². The molecule has 1 heterocycles. The van der Waals surface area contributed by atoms with Gasteiger partial charge in [0.05, 0.1) is 24.9 Å². The average molecular weight is 282 g/mol. The number of carboxylic acid groups (broad SMARTS) is 1. The third-order valence-electron chi connectivity index (χ3n) is 2.65. The Balaban J connectivity index is 2.66. The summed E-state index contributed by atoms with van der Waals surface area (Å²) in [5.41, 5.74) is 0.600. The second-order valence-electron chi connectivity index (χ2n) is 3.76. The van der Waals surface area contributed by atoms with E-state index in [-0.39, 0.29) is 5.69 Å². The summed E-state index contributed by atoms with van der Waals surface area (Å²) in [5.74, 6) is 0.0456. The zero-order valence-electron chi connectivity index (χ0n) is 10.4. The molecule has 0 fully saturated rings. The first-order valence-corrected chi connectivity index (χ1v) is 5.78. The van der Waals surface area contributed by atoms with E-state index in [1.54, 1.807) is 18.2 Å². The molecule has 0 saturated heterocycles. The Hall–Kier alpha value is -2.14. The van der Waals surface area contributed by atoms with Gasteiger partial charge in [-0.05, 0) is 18.2 Å². The van der Waals surface area contributed by atoms with Crippen molar-refractivity contribution in [3.8, 4) is 17.2 Å². The first kappa shape index (κ1) is 13.3. The van der Waals surface area contributed by atoms with Gasteiger partial charge in [-0.1, -0.05) is 11.6 Å². The molecule has 0 saturated carbocycles. The number of hydrogen-bond acceptors (Lipinski definition) is 3. The molecule has 0 unspecified atom stereocenters. The lowest BCUT2D eigenvalue weighted by Gasteiger charge is -2.12. The van der Waals surface area contributed by atoms with Crippen molar-refractivity contribution in [3.63, 3.8) is 0 Å². The van der Waals surface area contributed by atoms with Crippen LogP contribution >= 0.6 is 11.6 Å². The largest absolute Gasteiger partial charge is 0.497 e. The quantitative estimate of drug-likeness (QED) is 0.936. The maximum atomic E-state index is 11.2. The summed E-state index contributed by atoms with van der Waals surface area (Å²) in [6.45, 7) is 0. The molecular weight excluding hydrogens is 270 g/mol. The highest BCUT2D eigenvalue weighted by Crippen LogP contribution is 2.30. The molecule has 0 aliphatic carbocycles. The Morgan fingerprint density at radius 2 is 2.00 bits per heavy atom. The lowest BCUT2D eigenvalue weighted by molar-refractivity contribution is 0.0688. The van der Waals surface area contributed by atoms with E-state index in [1.807, 2.05) is 0 Å². The fourth-order valence-electron chi connectivity index (χ4n) is 1.78. The van der Waals surface area contributed by atoms with E-state index in [2.05, 4.69) is 0 Å². The lowest BCUT2D eigenvalue weighted by Crippen LogP contribution is -2.07. The van der Waals surface area contributed by atoms with Crippen LogP contribution in [0.25, 0.3) is 5.69 Å². The number of nitrogens with zero attached hydrogens (tertiary/aromatic N) is 1. The van der Waals surface area contributed by atoms with Crippen LogP contribution in [-0.2, 0) is 0 Å². The molecule has 100 valence electrons. The summed E-state index contributed by atoms with van der Waals surface area (Å²) >= 11 is 5.87. The van der Waals surface area contributed by atoms with Gasteiger partial charge in [0.25, 0.3) is 0 Å². The summed E-state index contributed by atoms with van der Waals surface area (Å²) < 4.78 is 11.8. The number of halogens is 1. The van der Waals surface area contributed by atoms with E-state index in [4.69, 9.17) is 21.1 Å². The Morgan fingerprint density at radius 3 is 2.58 bits per heavy atom. The predicted molar refractivity (Wildman–Crippen MR) is 70.8 cm³/mol. The number of carboxylic acids is 1. The van der Waals surface area contributed by atoms with Crippen molar-refractivity contribution >= 4 is 17.6 Å². The summed E-state index contributed by atoms with van der Waals surface area (Å²) in [4.78, 5) is 11.2. The highest BCUT2D eigenvalue weighted by atomic mass is 35.5. The molecule has 6 heteroatoms. The fourth-order valence-corrected chi connectivity index (χ4v) is 1.98. The standard InChI is InChI=1S/C13H12ClNO4/c1-18-9-3-4-12(19-2)10(6-9)15-7-8(14)5-11(15)13(16)17/h3-7H,1-2H3,(H,16,17). The maximum Gasteiger partial charge on any atom is 0.352 e. The van der Waals surface area contributed by atoms with Gasteiger partial charge >= 0.3 is 5.97 Å². The second kappa shape index (κ2) is 5.24. The van der Waals surface area contributed by atoms with Crippen molar-refractivity contribution in [1.82, 2.24) is 4.57 Å². The number of hydrogen-bond donors (Lipinski definition) is 1. The van der Waals surface area contributed by atoms with Crippen LogP contribution in [0.4, 0.5) is 0 Å². The molecule has 1 aromatic carbocycles. The van der Waals surface area contributed by atoms with Crippen LogP contribution in [0.5, 0.6) is 11.5 Å². The summed E-state index contributed by atoms with van der Waals surface area (Å²) in [7, 11) is 3.04. The molecule has 5 nitrogen and oxygen atoms in total. The molecular formula is C13H12ClNO4. The minimum absolute atomic E-state index is 0.0524. The Morgan fingerprint density at radius 1 is 1.26 bits per heavy atom. The van der Waals surface area contributed by atoms with Crippen molar-refractivity contribution in [1.29, 1.82) is 0 Å². The fraction of sp³-hybridized carbons (Fsp3) is 0.154. The van der Waals surface area contributed by atoms with E-state index < -0.39 is 5.97 Å². The smallest absolute Gasteiger partial charge is 0.352 e. The van der Waals surface area contributed by atoms with Gasteiger partial charge in [-0.2, -0.15) is 0 Å². The van der Waals surface area contributed by atoms with Crippen LogP contribution in [0, 0.1) is 0 Å². The van der Waals surface area contributed by atoms with Gasteiger partial charge < -0.3 is 19.1 Å². The van der Waals surface area contributed by atoms with Gasteiger partial charge in [0.15, 0.2) is 0 Å². The van der Waals surface area contributed by atoms with E-state index in [0.29, 0.717) is 22.2 Å². The predicted octanol–water partition coefficient (Wildman–Crippen LogP) is 2.85. The zero-order chi connectivity index (χ0) is 14.0. The number of ether oxygens (including phenoxy) is 2. The van der Waals surface area contributed by atoms with Crippen molar-refractivity contribution in [2.75, 3.05) is 14.2 Å². The van der Waals surface area contributed by atoms with E-state index in [1.165, 1.54) is 31.0 Å². The molecule has 1 N–H and O–H groups in total. The SMILES string of the molecule is COc1ccc(OC)c(-n2cc(Cl)cc2C(=O)O)c1. The molecule has 2 rings (SSSR count). The van der Waals surface area contributed by atoms with Crippen LogP contribution in [0.15, 0.2) is 30.5 Å². The number of aromatic carboxylic acids is 1. The Bertz CT molecular complexity index is 621. The summed E-state index contributed by atoms with van der Waals surface area (Å²) in [6, 6.07) is 6.49. The number of carbonyl (C=O) groups is 1. The van der Waals surface area contributed by atoms with Gasteiger partial charge in [0.1, 0.15) is 17.2 Å². The number of benzene rings is 1. The molecule has 0 atom stereocenters. The monoisotopic (exact) mass is 281 g/mol. The molecule has 1 aromatic heterocycles. The first-order valence-electron chi connectivity index (χ1n) is 5.40. The average Bonchev–Trinajstić information content (AvgIpc) is 2.80. The highest BCUT2D eigenvalue weighted by molar-refractivity contribution is 6.31. The van der Waals surface area contributed by atoms with Gasteiger partial charge in [-0.3, -0.25) is 0 Å². The van der Waals surface area contributed by atoms with E-state index in [9.17, 15) is 9.90 Å². The second-order valence-corrected chi connectivity index (χ2v) is 4.19. The van der Waals surface area contributed by atoms with Crippen LogP contribution in [0.3, 0.4) is 0 Å².